The smallest absolute Gasteiger partial charge is 0.319 e. The van der Waals surface area contributed by atoms with Crippen LogP contribution in [0.1, 0.15) is 44.9 Å². The topological polar surface area (TPSA) is 44.4 Å². The summed E-state index contributed by atoms with van der Waals surface area (Å²) in [5, 5.41) is 6.03. The van der Waals surface area contributed by atoms with Crippen LogP contribution in [0.2, 0.25) is 0 Å². The van der Waals surface area contributed by atoms with Crippen molar-refractivity contribution in [1.82, 2.24) is 5.32 Å². The molecule has 0 radical (unpaired) electrons. The Morgan fingerprint density at radius 2 is 1.81 bits per heavy atom. The number of amides is 2. The molecule has 1 aromatic rings. The number of carbonyl (C=O) groups is 1. The Kier molecular flexibility index (Phi) is 4.63. The summed E-state index contributed by atoms with van der Waals surface area (Å²) in [4.78, 5) is 14.4. The Bertz CT molecular complexity index is 477. The van der Waals surface area contributed by atoms with Crippen LogP contribution in [0.5, 0.6) is 0 Å². The largest absolute Gasteiger partial charge is 0.371 e. The Balaban J connectivity index is 1.58. The molecule has 0 spiro atoms. The second-order valence-corrected chi connectivity index (χ2v) is 6.18. The van der Waals surface area contributed by atoms with E-state index in [1.54, 1.807) is 0 Å². The first kappa shape index (κ1) is 14.2. The van der Waals surface area contributed by atoms with E-state index in [4.69, 9.17) is 0 Å². The fourth-order valence-electron chi connectivity index (χ4n) is 3.36. The summed E-state index contributed by atoms with van der Waals surface area (Å²) in [5.41, 5.74) is 2.10. The molecule has 4 heteroatoms. The molecule has 1 saturated heterocycles. The van der Waals surface area contributed by atoms with E-state index < -0.39 is 0 Å². The number of urea groups is 1. The van der Waals surface area contributed by atoms with Crippen LogP contribution in [0.15, 0.2) is 24.3 Å². The van der Waals surface area contributed by atoms with Gasteiger partial charge in [-0.3, -0.25) is 0 Å². The van der Waals surface area contributed by atoms with Crippen molar-refractivity contribution in [2.75, 3.05) is 23.3 Å². The van der Waals surface area contributed by atoms with Gasteiger partial charge in [0.15, 0.2) is 0 Å². The molecular weight excluding hydrogens is 262 g/mol. The highest BCUT2D eigenvalue weighted by molar-refractivity contribution is 5.90. The molecule has 0 aromatic heterocycles. The fourth-order valence-corrected chi connectivity index (χ4v) is 3.36. The van der Waals surface area contributed by atoms with Crippen molar-refractivity contribution in [1.29, 1.82) is 0 Å². The first-order valence-electron chi connectivity index (χ1n) is 8.24. The summed E-state index contributed by atoms with van der Waals surface area (Å²) in [6.07, 6.45) is 8.55. The zero-order valence-corrected chi connectivity index (χ0v) is 12.6. The summed E-state index contributed by atoms with van der Waals surface area (Å²) >= 11 is 0. The van der Waals surface area contributed by atoms with Crippen LogP contribution in [0.4, 0.5) is 16.2 Å². The van der Waals surface area contributed by atoms with Gasteiger partial charge in [0.05, 0.1) is 0 Å². The molecule has 1 heterocycles. The van der Waals surface area contributed by atoms with Crippen molar-refractivity contribution in [3.8, 4) is 0 Å². The maximum Gasteiger partial charge on any atom is 0.319 e. The molecule has 21 heavy (non-hydrogen) atoms. The van der Waals surface area contributed by atoms with Crippen molar-refractivity contribution >= 4 is 17.4 Å². The van der Waals surface area contributed by atoms with E-state index in [1.807, 2.05) is 12.1 Å². The lowest BCUT2D eigenvalue weighted by molar-refractivity contribution is 0.248. The molecule has 1 aliphatic heterocycles. The Labute approximate surface area is 126 Å². The standard InChI is InChI=1S/C17H25N3O/c21-17(18-14-7-2-3-8-14)19-15-9-6-10-16(13-15)20-11-4-1-5-12-20/h6,9-10,13-14H,1-5,7-8,11-12H2,(H2,18,19,21). The Morgan fingerprint density at radius 3 is 2.57 bits per heavy atom. The lowest BCUT2D eigenvalue weighted by Gasteiger charge is -2.29. The Hall–Kier alpha value is -1.71. The first-order valence-corrected chi connectivity index (χ1v) is 8.24. The molecule has 114 valence electrons. The van der Waals surface area contributed by atoms with Gasteiger partial charge in [0.1, 0.15) is 0 Å². The van der Waals surface area contributed by atoms with Gasteiger partial charge in [0, 0.05) is 30.5 Å². The van der Waals surface area contributed by atoms with E-state index in [0.29, 0.717) is 6.04 Å². The highest BCUT2D eigenvalue weighted by atomic mass is 16.2. The molecule has 2 amide bonds. The van der Waals surface area contributed by atoms with E-state index in [-0.39, 0.29) is 6.03 Å². The molecule has 0 atom stereocenters. The molecule has 3 rings (SSSR count). The third-order valence-electron chi connectivity index (χ3n) is 4.52. The average Bonchev–Trinajstić information content (AvgIpc) is 3.01. The summed E-state index contributed by atoms with van der Waals surface area (Å²) in [6.45, 7) is 2.25. The summed E-state index contributed by atoms with van der Waals surface area (Å²) in [5.74, 6) is 0. The van der Waals surface area contributed by atoms with Crippen LogP contribution in [-0.4, -0.2) is 25.2 Å². The number of nitrogens with zero attached hydrogens (tertiary/aromatic N) is 1. The number of carbonyl (C=O) groups excluding carboxylic acids is 1. The SMILES string of the molecule is O=C(Nc1cccc(N2CCCCC2)c1)NC1CCCC1. The summed E-state index contributed by atoms with van der Waals surface area (Å²) < 4.78 is 0. The summed E-state index contributed by atoms with van der Waals surface area (Å²) in [7, 11) is 0. The predicted molar refractivity (Wildman–Crippen MR) is 86.9 cm³/mol. The normalized spacial score (nSPS) is 19.5. The average molecular weight is 287 g/mol. The number of anilines is 2. The van der Waals surface area contributed by atoms with Crippen molar-refractivity contribution in [2.45, 2.75) is 51.0 Å². The van der Waals surface area contributed by atoms with Gasteiger partial charge in [0.2, 0.25) is 0 Å². The molecule has 2 aliphatic rings. The fraction of sp³-hybridized carbons (Fsp3) is 0.588. The molecule has 0 unspecified atom stereocenters. The summed E-state index contributed by atoms with van der Waals surface area (Å²) in [6, 6.07) is 8.48. The van der Waals surface area contributed by atoms with Crippen LogP contribution in [-0.2, 0) is 0 Å². The van der Waals surface area contributed by atoms with Crippen LogP contribution >= 0.6 is 0 Å². The number of benzene rings is 1. The number of hydrogen-bond donors (Lipinski definition) is 2. The zero-order chi connectivity index (χ0) is 14.5. The van der Waals surface area contributed by atoms with E-state index in [0.717, 1.165) is 31.6 Å². The van der Waals surface area contributed by atoms with Crippen molar-refractivity contribution in [2.24, 2.45) is 0 Å². The lowest BCUT2D eigenvalue weighted by atomic mass is 10.1. The van der Waals surface area contributed by atoms with Crippen molar-refractivity contribution in [3.63, 3.8) is 0 Å². The van der Waals surface area contributed by atoms with E-state index in [1.165, 1.54) is 37.8 Å². The molecular formula is C17H25N3O. The highest BCUT2D eigenvalue weighted by Gasteiger charge is 2.17. The van der Waals surface area contributed by atoms with Crippen LogP contribution in [0, 0.1) is 0 Å². The minimum absolute atomic E-state index is 0.0716. The van der Waals surface area contributed by atoms with Gasteiger partial charge in [-0.2, -0.15) is 0 Å². The van der Waals surface area contributed by atoms with E-state index in [9.17, 15) is 4.79 Å². The number of rotatable bonds is 3. The molecule has 1 aromatic carbocycles. The van der Waals surface area contributed by atoms with E-state index in [2.05, 4.69) is 27.7 Å². The Morgan fingerprint density at radius 1 is 1.05 bits per heavy atom. The minimum atomic E-state index is -0.0716. The zero-order valence-electron chi connectivity index (χ0n) is 12.6. The molecule has 0 bridgehead atoms. The van der Waals surface area contributed by atoms with Crippen molar-refractivity contribution < 1.29 is 4.79 Å². The van der Waals surface area contributed by atoms with Crippen LogP contribution < -0.4 is 15.5 Å². The maximum absolute atomic E-state index is 12.0. The van der Waals surface area contributed by atoms with Crippen LogP contribution in [0.3, 0.4) is 0 Å². The van der Waals surface area contributed by atoms with Gasteiger partial charge < -0.3 is 15.5 Å². The molecule has 2 fully saturated rings. The first-order chi connectivity index (χ1) is 10.3. The monoisotopic (exact) mass is 287 g/mol. The number of nitrogens with one attached hydrogen (secondary N) is 2. The highest BCUT2D eigenvalue weighted by Crippen LogP contribution is 2.23. The van der Waals surface area contributed by atoms with Gasteiger partial charge in [-0.1, -0.05) is 18.9 Å². The second-order valence-electron chi connectivity index (χ2n) is 6.18. The minimum Gasteiger partial charge on any atom is -0.371 e. The molecule has 1 aliphatic carbocycles. The molecule has 2 N–H and O–H groups in total. The maximum atomic E-state index is 12.0. The van der Waals surface area contributed by atoms with E-state index >= 15 is 0 Å². The van der Waals surface area contributed by atoms with Gasteiger partial charge in [-0.15, -0.1) is 0 Å². The van der Waals surface area contributed by atoms with Crippen molar-refractivity contribution in [3.05, 3.63) is 24.3 Å². The number of hydrogen-bond acceptors (Lipinski definition) is 2. The molecule has 1 saturated carbocycles. The van der Waals surface area contributed by atoms with Gasteiger partial charge in [0.25, 0.3) is 0 Å². The molecule has 4 nitrogen and oxygen atoms in total. The predicted octanol–water partition coefficient (Wildman–Crippen LogP) is 3.74. The second kappa shape index (κ2) is 6.83. The number of piperidine rings is 1. The van der Waals surface area contributed by atoms with Crippen LogP contribution in [0.25, 0.3) is 0 Å². The van der Waals surface area contributed by atoms with Gasteiger partial charge in [-0.25, -0.2) is 4.79 Å². The van der Waals surface area contributed by atoms with Gasteiger partial charge in [-0.05, 0) is 50.3 Å². The third-order valence-corrected chi connectivity index (χ3v) is 4.52. The van der Waals surface area contributed by atoms with Gasteiger partial charge >= 0.3 is 6.03 Å². The lowest BCUT2D eigenvalue weighted by Crippen LogP contribution is -2.36. The quantitative estimate of drug-likeness (QED) is 0.889. The third kappa shape index (κ3) is 3.90.